The zero-order chi connectivity index (χ0) is 14.3. The van der Waals surface area contributed by atoms with Gasteiger partial charge in [-0.15, -0.1) is 0 Å². The molecule has 1 heterocycles. The van der Waals surface area contributed by atoms with Crippen molar-refractivity contribution in [3.05, 3.63) is 64.7 Å². The maximum absolute atomic E-state index is 12.3. The van der Waals surface area contributed by atoms with Crippen LogP contribution in [0.5, 0.6) is 0 Å². The topological polar surface area (TPSA) is 37.4 Å². The second-order valence-electron chi connectivity index (χ2n) is 4.76. The summed E-state index contributed by atoms with van der Waals surface area (Å²) < 4.78 is 1.25. The number of hydrogen-bond donors (Lipinski definition) is 0. The van der Waals surface area contributed by atoms with Crippen molar-refractivity contribution < 1.29 is 9.59 Å². The van der Waals surface area contributed by atoms with Crippen LogP contribution in [-0.4, -0.2) is 16.1 Å². The summed E-state index contributed by atoms with van der Waals surface area (Å²) in [4.78, 5) is 25.6. The van der Waals surface area contributed by atoms with Gasteiger partial charge in [0.15, 0.2) is 0 Å². The van der Waals surface area contributed by atoms with Crippen LogP contribution < -0.4 is 0 Å². The van der Waals surface area contributed by atoms with Crippen LogP contribution in [0.25, 0.3) is 0 Å². The highest BCUT2D eigenvalue weighted by Gasteiger charge is 2.36. The number of carbonyl (C=O) groups excluding carboxylic acids is 2. The number of nitrogens with zero attached hydrogens (tertiary/aromatic N) is 1. The molecule has 20 heavy (non-hydrogen) atoms. The molecule has 3 nitrogen and oxygen atoms in total. The smallest absolute Gasteiger partial charge is 0.268 e. The summed E-state index contributed by atoms with van der Waals surface area (Å²) in [6, 6.07) is 12.9. The fraction of sp³-hybridized carbons (Fsp3) is 0.125. The molecule has 1 aliphatic heterocycles. The molecular weight excluding hydrogens is 270 g/mol. The van der Waals surface area contributed by atoms with Gasteiger partial charge in [-0.2, -0.15) is 0 Å². The second-order valence-corrected chi connectivity index (χ2v) is 5.72. The first-order valence-corrected chi connectivity index (χ1v) is 7.09. The van der Waals surface area contributed by atoms with Crippen molar-refractivity contribution in [3.8, 4) is 0 Å². The first-order chi connectivity index (χ1) is 9.59. The Bertz CT molecular complexity index is 669. The van der Waals surface area contributed by atoms with Crippen molar-refractivity contribution in [2.75, 3.05) is 0 Å². The lowest BCUT2D eigenvalue weighted by atomic mass is 10.1. The van der Waals surface area contributed by atoms with E-state index in [-0.39, 0.29) is 11.8 Å². The standard InChI is InChI=1S/C16H13NO2S/c1-10-6-5-7-11(2)14(10)20-17-15(18)12-8-3-4-9-13(12)16(17)19/h3-9H,1-2H3. The summed E-state index contributed by atoms with van der Waals surface area (Å²) >= 11 is 1.21. The number of hydrogen-bond acceptors (Lipinski definition) is 3. The molecule has 4 heteroatoms. The monoisotopic (exact) mass is 283 g/mol. The zero-order valence-electron chi connectivity index (χ0n) is 11.2. The third-order valence-corrected chi connectivity index (χ3v) is 4.69. The predicted octanol–water partition coefficient (Wildman–Crippen LogP) is 3.61. The first kappa shape index (κ1) is 12.9. The Morgan fingerprint density at radius 2 is 1.30 bits per heavy atom. The molecular formula is C16H13NO2S. The second kappa shape index (κ2) is 4.80. The quantitative estimate of drug-likeness (QED) is 0.624. The van der Waals surface area contributed by atoms with Crippen LogP contribution >= 0.6 is 11.9 Å². The van der Waals surface area contributed by atoms with Gasteiger partial charge in [0, 0.05) is 4.90 Å². The normalized spacial score (nSPS) is 13.8. The number of carbonyl (C=O) groups is 2. The highest BCUT2D eigenvalue weighted by Crippen LogP contribution is 2.35. The Balaban J connectivity index is 1.98. The number of rotatable bonds is 2. The number of imide groups is 1. The van der Waals surface area contributed by atoms with Crippen molar-refractivity contribution >= 4 is 23.8 Å². The van der Waals surface area contributed by atoms with Crippen LogP contribution in [0, 0.1) is 13.8 Å². The van der Waals surface area contributed by atoms with E-state index in [1.807, 2.05) is 32.0 Å². The fourth-order valence-electron chi connectivity index (χ4n) is 2.28. The molecule has 0 aromatic heterocycles. The van der Waals surface area contributed by atoms with Crippen molar-refractivity contribution in [2.24, 2.45) is 0 Å². The zero-order valence-corrected chi connectivity index (χ0v) is 12.0. The minimum Gasteiger partial charge on any atom is -0.268 e. The van der Waals surface area contributed by atoms with Gasteiger partial charge in [0.1, 0.15) is 0 Å². The van der Waals surface area contributed by atoms with E-state index in [9.17, 15) is 9.59 Å². The summed E-state index contributed by atoms with van der Waals surface area (Å²) in [6.45, 7) is 3.96. The van der Waals surface area contributed by atoms with E-state index in [2.05, 4.69) is 0 Å². The molecule has 0 aliphatic carbocycles. The fourth-order valence-corrected chi connectivity index (χ4v) is 3.25. The molecule has 0 atom stereocenters. The average Bonchev–Trinajstić information content (AvgIpc) is 2.68. The SMILES string of the molecule is Cc1cccc(C)c1SN1C(=O)c2ccccc2C1=O. The summed E-state index contributed by atoms with van der Waals surface area (Å²) in [6.07, 6.45) is 0. The van der Waals surface area contributed by atoms with Crippen molar-refractivity contribution in [2.45, 2.75) is 18.7 Å². The summed E-state index contributed by atoms with van der Waals surface area (Å²) in [5.74, 6) is -0.475. The maximum atomic E-state index is 12.3. The molecule has 100 valence electrons. The molecule has 0 fully saturated rings. The lowest BCUT2D eigenvalue weighted by Gasteiger charge is -2.15. The number of amides is 2. The molecule has 1 aliphatic rings. The lowest BCUT2D eigenvalue weighted by molar-refractivity contribution is 0.0777. The van der Waals surface area contributed by atoms with E-state index in [1.165, 1.54) is 16.3 Å². The van der Waals surface area contributed by atoms with E-state index in [0.717, 1.165) is 16.0 Å². The third kappa shape index (κ3) is 1.93. The molecule has 2 amide bonds. The predicted molar refractivity (Wildman–Crippen MR) is 78.7 cm³/mol. The summed E-state index contributed by atoms with van der Waals surface area (Å²) in [5, 5.41) is 0. The highest BCUT2D eigenvalue weighted by molar-refractivity contribution is 7.98. The van der Waals surface area contributed by atoms with Crippen LogP contribution in [0.4, 0.5) is 0 Å². The van der Waals surface area contributed by atoms with Crippen molar-refractivity contribution in [3.63, 3.8) is 0 Å². The number of fused-ring (bicyclic) bond motifs is 1. The molecule has 2 aromatic rings. The van der Waals surface area contributed by atoms with Crippen molar-refractivity contribution in [1.82, 2.24) is 4.31 Å². The van der Waals surface area contributed by atoms with Gasteiger partial charge in [0.25, 0.3) is 11.8 Å². The molecule has 0 N–H and O–H groups in total. The summed E-state index contributed by atoms with van der Waals surface area (Å²) in [5.41, 5.74) is 3.09. The highest BCUT2D eigenvalue weighted by atomic mass is 32.2. The van der Waals surface area contributed by atoms with Crippen LogP contribution in [0.15, 0.2) is 47.4 Å². The van der Waals surface area contributed by atoms with E-state index in [0.29, 0.717) is 11.1 Å². The van der Waals surface area contributed by atoms with E-state index >= 15 is 0 Å². The first-order valence-electron chi connectivity index (χ1n) is 6.31. The van der Waals surface area contributed by atoms with Gasteiger partial charge in [-0.3, -0.25) is 9.59 Å². The molecule has 0 saturated heterocycles. The van der Waals surface area contributed by atoms with Crippen LogP contribution in [0.3, 0.4) is 0 Å². The van der Waals surface area contributed by atoms with E-state index < -0.39 is 0 Å². The molecule has 2 aromatic carbocycles. The van der Waals surface area contributed by atoms with Gasteiger partial charge in [-0.25, -0.2) is 4.31 Å². The van der Waals surface area contributed by atoms with Crippen LogP contribution in [-0.2, 0) is 0 Å². The van der Waals surface area contributed by atoms with Gasteiger partial charge < -0.3 is 0 Å². The Morgan fingerprint density at radius 3 is 1.80 bits per heavy atom. The van der Waals surface area contributed by atoms with Gasteiger partial charge in [-0.1, -0.05) is 30.3 Å². The van der Waals surface area contributed by atoms with E-state index in [1.54, 1.807) is 24.3 Å². The molecule has 0 unspecified atom stereocenters. The molecule has 0 bridgehead atoms. The minimum absolute atomic E-state index is 0.238. The van der Waals surface area contributed by atoms with Gasteiger partial charge in [-0.05, 0) is 49.1 Å². The minimum atomic E-state index is -0.238. The van der Waals surface area contributed by atoms with Gasteiger partial charge in [0.05, 0.1) is 11.1 Å². The third-order valence-electron chi connectivity index (χ3n) is 3.35. The average molecular weight is 283 g/mol. The van der Waals surface area contributed by atoms with Crippen molar-refractivity contribution in [1.29, 1.82) is 0 Å². The van der Waals surface area contributed by atoms with E-state index in [4.69, 9.17) is 0 Å². The summed E-state index contributed by atoms with van der Waals surface area (Å²) in [7, 11) is 0. The Labute approximate surface area is 121 Å². The molecule has 0 radical (unpaired) electrons. The van der Waals surface area contributed by atoms with Crippen LogP contribution in [0.1, 0.15) is 31.8 Å². The number of benzene rings is 2. The molecule has 0 saturated carbocycles. The molecule has 0 spiro atoms. The Morgan fingerprint density at radius 1 is 0.800 bits per heavy atom. The molecule has 3 rings (SSSR count). The van der Waals surface area contributed by atoms with Gasteiger partial charge >= 0.3 is 0 Å². The number of aryl methyl sites for hydroxylation is 2. The van der Waals surface area contributed by atoms with Crippen LogP contribution in [0.2, 0.25) is 0 Å². The lowest BCUT2D eigenvalue weighted by Crippen LogP contribution is -2.22. The largest absolute Gasteiger partial charge is 0.272 e. The van der Waals surface area contributed by atoms with Gasteiger partial charge in [0.2, 0.25) is 0 Å². The Hall–Kier alpha value is -2.07. The maximum Gasteiger partial charge on any atom is 0.272 e. The Kier molecular flexibility index (Phi) is 3.10.